The standard InChI is InChI=1S/C47H30N2O/c1-2-7-31(8-3-1)32-16-21-38(22-17-32)49(40-25-27-43-44-11-6-28-48-47(44)50-45(43)30-40)39-23-18-33(19-24-39)36-20-26-42-37(29-36)15-14-35-13-12-34-9-4-5-10-41(34)46(35)42/h1-30H. The predicted molar refractivity (Wildman–Crippen MR) is 210 cm³/mol. The van der Waals surface area contributed by atoms with Gasteiger partial charge in [-0.15, -0.1) is 0 Å². The molecule has 3 heteroatoms. The molecule has 0 fully saturated rings. The van der Waals surface area contributed by atoms with E-state index in [2.05, 4.69) is 180 Å². The molecule has 10 aromatic rings. The topological polar surface area (TPSA) is 29.3 Å². The molecule has 2 aromatic heterocycles. The van der Waals surface area contributed by atoms with E-state index in [1.807, 2.05) is 6.07 Å². The Morgan fingerprint density at radius 1 is 0.380 bits per heavy atom. The van der Waals surface area contributed by atoms with Gasteiger partial charge >= 0.3 is 0 Å². The average molecular weight is 639 g/mol. The Labute approximate surface area is 289 Å². The number of aromatic nitrogens is 1. The lowest BCUT2D eigenvalue weighted by Gasteiger charge is -2.26. The van der Waals surface area contributed by atoms with Gasteiger partial charge in [0.2, 0.25) is 5.71 Å². The summed E-state index contributed by atoms with van der Waals surface area (Å²) in [6.07, 6.45) is 1.77. The molecule has 50 heavy (non-hydrogen) atoms. The number of fused-ring (bicyclic) bond motifs is 8. The van der Waals surface area contributed by atoms with E-state index in [1.165, 1.54) is 54.6 Å². The maximum absolute atomic E-state index is 6.22. The van der Waals surface area contributed by atoms with E-state index in [4.69, 9.17) is 4.42 Å². The highest BCUT2D eigenvalue weighted by atomic mass is 16.3. The lowest BCUT2D eigenvalue weighted by atomic mass is 9.94. The van der Waals surface area contributed by atoms with Gasteiger partial charge in [0, 0.05) is 40.1 Å². The third-order valence-electron chi connectivity index (χ3n) is 9.91. The minimum atomic E-state index is 0.652. The fraction of sp³-hybridized carbons (Fsp3) is 0. The molecule has 2 heterocycles. The Hall–Kier alpha value is -6.71. The van der Waals surface area contributed by atoms with Crippen molar-refractivity contribution in [1.82, 2.24) is 4.98 Å². The minimum absolute atomic E-state index is 0.652. The van der Waals surface area contributed by atoms with Crippen LogP contribution in [0.2, 0.25) is 0 Å². The fourth-order valence-corrected chi connectivity index (χ4v) is 7.44. The van der Waals surface area contributed by atoms with E-state index in [0.717, 1.165) is 33.4 Å². The van der Waals surface area contributed by atoms with Crippen LogP contribution in [0.15, 0.2) is 187 Å². The Balaban J connectivity index is 1.06. The van der Waals surface area contributed by atoms with Gasteiger partial charge in [-0.2, -0.15) is 0 Å². The van der Waals surface area contributed by atoms with Gasteiger partial charge in [0.15, 0.2) is 0 Å². The van der Waals surface area contributed by atoms with Crippen LogP contribution in [-0.2, 0) is 0 Å². The molecule has 3 nitrogen and oxygen atoms in total. The zero-order valence-electron chi connectivity index (χ0n) is 27.1. The molecule has 8 aromatic carbocycles. The van der Waals surface area contributed by atoms with E-state index in [9.17, 15) is 0 Å². The number of rotatable bonds is 5. The highest BCUT2D eigenvalue weighted by Gasteiger charge is 2.17. The van der Waals surface area contributed by atoms with Gasteiger partial charge in [0.1, 0.15) is 5.58 Å². The molecule has 0 amide bonds. The van der Waals surface area contributed by atoms with Crippen molar-refractivity contribution in [2.75, 3.05) is 4.90 Å². The molecule has 234 valence electrons. The van der Waals surface area contributed by atoms with Crippen LogP contribution >= 0.6 is 0 Å². The first-order valence-electron chi connectivity index (χ1n) is 16.9. The molecule has 0 unspecified atom stereocenters. The predicted octanol–water partition coefficient (Wildman–Crippen LogP) is 13.2. The molecule has 10 rings (SSSR count). The lowest BCUT2D eigenvalue weighted by Crippen LogP contribution is -2.09. The fourth-order valence-electron chi connectivity index (χ4n) is 7.44. The minimum Gasteiger partial charge on any atom is -0.438 e. The smallest absolute Gasteiger partial charge is 0.227 e. The summed E-state index contributed by atoms with van der Waals surface area (Å²) in [4.78, 5) is 6.74. The highest BCUT2D eigenvalue weighted by molar-refractivity contribution is 6.20. The first-order chi connectivity index (χ1) is 24.8. The summed E-state index contributed by atoms with van der Waals surface area (Å²) in [5, 5.41) is 9.74. The van der Waals surface area contributed by atoms with Crippen molar-refractivity contribution in [1.29, 1.82) is 0 Å². The number of furan rings is 1. The van der Waals surface area contributed by atoms with E-state index < -0.39 is 0 Å². The maximum Gasteiger partial charge on any atom is 0.227 e. The summed E-state index contributed by atoms with van der Waals surface area (Å²) in [5.74, 6) is 0. The molecule has 0 atom stereocenters. The van der Waals surface area contributed by atoms with Gasteiger partial charge < -0.3 is 9.32 Å². The van der Waals surface area contributed by atoms with Gasteiger partial charge in [-0.3, -0.25) is 0 Å². The van der Waals surface area contributed by atoms with Crippen molar-refractivity contribution in [3.8, 4) is 22.3 Å². The Kier molecular flexibility index (Phi) is 6.49. The van der Waals surface area contributed by atoms with E-state index in [1.54, 1.807) is 6.20 Å². The molecule has 0 aliphatic carbocycles. The summed E-state index contributed by atoms with van der Waals surface area (Å²) in [7, 11) is 0. The molecule has 0 spiro atoms. The van der Waals surface area contributed by atoms with Gasteiger partial charge in [-0.05, 0) is 109 Å². The summed E-state index contributed by atoms with van der Waals surface area (Å²) in [6.45, 7) is 0. The third-order valence-corrected chi connectivity index (χ3v) is 9.91. The summed E-state index contributed by atoms with van der Waals surface area (Å²) < 4.78 is 6.22. The molecular weight excluding hydrogens is 609 g/mol. The molecular formula is C47H30N2O. The monoisotopic (exact) mass is 638 g/mol. The number of benzene rings is 8. The van der Waals surface area contributed by atoms with E-state index >= 15 is 0 Å². The molecule has 0 N–H and O–H groups in total. The van der Waals surface area contributed by atoms with Crippen LogP contribution in [0.25, 0.3) is 76.6 Å². The maximum atomic E-state index is 6.22. The van der Waals surface area contributed by atoms with Crippen molar-refractivity contribution in [2.45, 2.75) is 0 Å². The molecule has 0 aliphatic rings. The van der Waals surface area contributed by atoms with Gasteiger partial charge in [-0.25, -0.2) is 4.98 Å². The van der Waals surface area contributed by atoms with Crippen LogP contribution < -0.4 is 4.90 Å². The average Bonchev–Trinajstić information content (AvgIpc) is 3.56. The summed E-state index contributed by atoms with van der Waals surface area (Å²) >= 11 is 0. The van der Waals surface area contributed by atoms with E-state index in [0.29, 0.717) is 5.71 Å². The second kappa shape index (κ2) is 11.5. The Morgan fingerprint density at radius 3 is 1.76 bits per heavy atom. The Morgan fingerprint density at radius 2 is 0.960 bits per heavy atom. The number of anilines is 3. The zero-order chi connectivity index (χ0) is 33.0. The van der Waals surface area contributed by atoms with E-state index in [-0.39, 0.29) is 0 Å². The van der Waals surface area contributed by atoms with Crippen LogP contribution in [-0.4, -0.2) is 4.98 Å². The molecule has 0 bridgehead atoms. The SMILES string of the molecule is c1ccc(-c2ccc(N(c3ccc(-c4ccc5c(ccc6ccc7ccccc7c65)c4)cc3)c3ccc4c(c3)oc3ncccc34)cc2)cc1. The second-order valence-electron chi connectivity index (χ2n) is 12.8. The van der Waals surface area contributed by atoms with Crippen molar-refractivity contribution >= 4 is 71.4 Å². The van der Waals surface area contributed by atoms with Crippen LogP contribution in [0.1, 0.15) is 0 Å². The van der Waals surface area contributed by atoms with Crippen molar-refractivity contribution in [2.24, 2.45) is 0 Å². The van der Waals surface area contributed by atoms with Crippen LogP contribution in [0.3, 0.4) is 0 Å². The van der Waals surface area contributed by atoms with Crippen LogP contribution in [0.4, 0.5) is 17.1 Å². The van der Waals surface area contributed by atoms with Crippen LogP contribution in [0, 0.1) is 0 Å². The van der Waals surface area contributed by atoms with Gasteiger partial charge in [-0.1, -0.05) is 115 Å². The zero-order valence-corrected chi connectivity index (χ0v) is 27.1. The third kappa shape index (κ3) is 4.71. The highest BCUT2D eigenvalue weighted by Crippen LogP contribution is 2.40. The number of pyridine rings is 1. The van der Waals surface area contributed by atoms with Gasteiger partial charge in [0.25, 0.3) is 0 Å². The first-order valence-corrected chi connectivity index (χ1v) is 16.9. The van der Waals surface area contributed by atoms with Gasteiger partial charge in [0.05, 0.1) is 0 Å². The lowest BCUT2D eigenvalue weighted by molar-refractivity contribution is 0.654. The Bertz CT molecular complexity index is 2850. The normalized spacial score (nSPS) is 11.6. The second-order valence-corrected chi connectivity index (χ2v) is 12.8. The van der Waals surface area contributed by atoms with Crippen molar-refractivity contribution < 1.29 is 4.42 Å². The van der Waals surface area contributed by atoms with Crippen molar-refractivity contribution in [3.05, 3.63) is 182 Å². The first kappa shape index (κ1) is 28.3. The molecule has 0 aliphatic heterocycles. The molecule has 0 saturated carbocycles. The van der Waals surface area contributed by atoms with Crippen molar-refractivity contribution in [3.63, 3.8) is 0 Å². The van der Waals surface area contributed by atoms with Crippen LogP contribution in [0.5, 0.6) is 0 Å². The quantitative estimate of drug-likeness (QED) is 0.176. The number of nitrogens with zero attached hydrogens (tertiary/aromatic N) is 2. The number of hydrogen-bond acceptors (Lipinski definition) is 3. The summed E-state index contributed by atoms with van der Waals surface area (Å²) in [5.41, 5.74) is 9.36. The number of hydrogen-bond donors (Lipinski definition) is 0. The molecule has 0 saturated heterocycles. The molecule has 0 radical (unpaired) electrons. The summed E-state index contributed by atoms with van der Waals surface area (Å²) in [6, 6.07) is 63.0. The largest absolute Gasteiger partial charge is 0.438 e.